The van der Waals surface area contributed by atoms with Gasteiger partial charge in [-0.1, -0.05) is 48.5 Å². The first-order chi connectivity index (χ1) is 15.6. The van der Waals surface area contributed by atoms with Crippen LogP contribution in [0.5, 0.6) is 0 Å². The lowest BCUT2D eigenvalue weighted by Gasteiger charge is -2.10. The van der Waals surface area contributed by atoms with Gasteiger partial charge in [-0.15, -0.1) is 11.8 Å². The van der Waals surface area contributed by atoms with Crippen LogP contribution in [-0.2, 0) is 6.54 Å². The van der Waals surface area contributed by atoms with E-state index in [1.807, 2.05) is 23.0 Å². The summed E-state index contributed by atoms with van der Waals surface area (Å²) in [7, 11) is 0. The van der Waals surface area contributed by atoms with Crippen molar-refractivity contribution in [2.75, 3.05) is 6.26 Å². The zero-order valence-electron chi connectivity index (χ0n) is 17.3. The number of aromatic nitrogens is 3. The number of hydrogen-bond donors (Lipinski definition) is 0. The molecule has 5 rings (SSSR count). The van der Waals surface area contributed by atoms with Gasteiger partial charge in [0, 0.05) is 23.8 Å². The molecule has 3 aromatic carbocycles. The second-order valence-corrected chi connectivity index (χ2v) is 8.28. The van der Waals surface area contributed by atoms with Crippen LogP contribution in [0.1, 0.15) is 5.56 Å². The zero-order valence-corrected chi connectivity index (χ0v) is 18.1. The maximum Gasteiger partial charge on any atom is 0.169 e. The molecule has 0 amide bonds. The van der Waals surface area contributed by atoms with E-state index in [1.165, 1.54) is 28.2 Å². The maximum atomic E-state index is 14.1. The molecule has 32 heavy (non-hydrogen) atoms. The fourth-order valence-corrected chi connectivity index (χ4v) is 4.35. The van der Waals surface area contributed by atoms with Gasteiger partial charge in [-0.3, -0.25) is 0 Å². The maximum absolute atomic E-state index is 14.1. The van der Waals surface area contributed by atoms with Gasteiger partial charge in [-0.2, -0.15) is 0 Å². The third kappa shape index (κ3) is 3.89. The van der Waals surface area contributed by atoms with Crippen LogP contribution in [0, 0.1) is 11.6 Å². The third-order valence-corrected chi connectivity index (χ3v) is 6.15. The standard InChI is InChI=1S/C26H19F2N3S/c1-32-24-8-3-2-5-19(24)18-11-9-17(10-12-18)15-31-14-13-22-23(16-31)30-26(29-22)20-6-4-7-21(27)25(20)28/h2-14,16H,15H2,1H3. The molecule has 0 aromatic heterocycles. The van der Waals surface area contributed by atoms with Crippen LogP contribution in [0.3, 0.4) is 0 Å². The van der Waals surface area contributed by atoms with Gasteiger partial charge < -0.3 is 4.57 Å². The Morgan fingerprint density at radius 2 is 1.56 bits per heavy atom. The lowest BCUT2D eigenvalue weighted by Crippen LogP contribution is -2.00. The lowest BCUT2D eigenvalue weighted by atomic mass is 10.0. The Morgan fingerprint density at radius 3 is 2.38 bits per heavy atom. The summed E-state index contributed by atoms with van der Waals surface area (Å²) in [5.74, 6) is -1.65. The summed E-state index contributed by atoms with van der Waals surface area (Å²) in [5.41, 5.74) is 4.90. The topological polar surface area (TPSA) is 30.7 Å². The molecule has 0 aliphatic carbocycles. The van der Waals surface area contributed by atoms with Crippen molar-refractivity contribution in [3.63, 3.8) is 0 Å². The Labute approximate surface area is 189 Å². The summed E-state index contributed by atoms with van der Waals surface area (Å²) in [5, 5.41) is 0. The molecule has 0 radical (unpaired) electrons. The van der Waals surface area contributed by atoms with E-state index >= 15 is 0 Å². The second-order valence-electron chi connectivity index (χ2n) is 7.43. The number of imidazole rings is 1. The predicted molar refractivity (Wildman–Crippen MR) is 125 cm³/mol. The average Bonchev–Trinajstić information content (AvgIpc) is 3.24. The zero-order chi connectivity index (χ0) is 22.1. The second kappa shape index (κ2) is 8.55. The number of rotatable bonds is 5. The molecule has 0 atom stereocenters. The van der Waals surface area contributed by atoms with Crippen LogP contribution in [-0.4, -0.2) is 20.8 Å². The minimum atomic E-state index is -0.932. The van der Waals surface area contributed by atoms with Crippen molar-refractivity contribution < 1.29 is 8.78 Å². The highest BCUT2D eigenvalue weighted by molar-refractivity contribution is 7.98. The molecule has 0 saturated heterocycles. The molecule has 2 aliphatic rings. The van der Waals surface area contributed by atoms with Gasteiger partial charge in [-0.25, -0.2) is 18.7 Å². The van der Waals surface area contributed by atoms with E-state index in [0.29, 0.717) is 17.9 Å². The van der Waals surface area contributed by atoms with Crippen molar-refractivity contribution in [2.45, 2.75) is 11.4 Å². The Kier molecular flexibility index (Phi) is 5.45. The SMILES string of the molecule is CSc1ccccc1-c1ccc(Cn2ccc3nc(-c4cccc(F)c4F)nc-3c2)cc1. The van der Waals surface area contributed by atoms with E-state index in [0.717, 1.165) is 11.6 Å². The smallest absolute Gasteiger partial charge is 0.169 e. The van der Waals surface area contributed by atoms with E-state index in [1.54, 1.807) is 11.8 Å². The van der Waals surface area contributed by atoms with Crippen LogP contribution in [0.4, 0.5) is 8.78 Å². The third-order valence-electron chi connectivity index (χ3n) is 5.36. The highest BCUT2D eigenvalue weighted by atomic mass is 32.2. The number of nitrogens with zero attached hydrogens (tertiary/aromatic N) is 3. The molecule has 6 heteroatoms. The van der Waals surface area contributed by atoms with Crippen molar-refractivity contribution in [1.29, 1.82) is 0 Å². The number of halogens is 2. The number of benzene rings is 3. The van der Waals surface area contributed by atoms with Crippen LogP contribution in [0.2, 0.25) is 0 Å². The van der Waals surface area contributed by atoms with E-state index in [9.17, 15) is 8.78 Å². The molecular weight excluding hydrogens is 424 g/mol. The van der Waals surface area contributed by atoms with Crippen molar-refractivity contribution >= 4 is 11.8 Å². The molecule has 0 unspecified atom stereocenters. The molecule has 2 aliphatic heterocycles. The minimum Gasteiger partial charge on any atom is -0.348 e. The highest BCUT2D eigenvalue weighted by Crippen LogP contribution is 2.30. The summed E-state index contributed by atoms with van der Waals surface area (Å²) >= 11 is 1.74. The number of pyridine rings is 1. The van der Waals surface area contributed by atoms with Gasteiger partial charge in [0.25, 0.3) is 0 Å². The molecule has 158 valence electrons. The normalized spacial score (nSPS) is 11.2. The van der Waals surface area contributed by atoms with Gasteiger partial charge in [0.15, 0.2) is 17.5 Å². The quantitative estimate of drug-likeness (QED) is 0.281. The monoisotopic (exact) mass is 443 g/mol. The molecule has 0 N–H and O–H groups in total. The molecule has 0 bridgehead atoms. The van der Waals surface area contributed by atoms with Gasteiger partial charge in [0.1, 0.15) is 5.69 Å². The molecule has 3 nitrogen and oxygen atoms in total. The van der Waals surface area contributed by atoms with Crippen LogP contribution in [0.25, 0.3) is 33.9 Å². The van der Waals surface area contributed by atoms with Crippen molar-refractivity contribution in [1.82, 2.24) is 14.5 Å². The van der Waals surface area contributed by atoms with E-state index in [4.69, 9.17) is 0 Å². The van der Waals surface area contributed by atoms with Gasteiger partial charge in [-0.05, 0) is 47.2 Å². The van der Waals surface area contributed by atoms with Crippen molar-refractivity contribution in [3.05, 3.63) is 102 Å². The van der Waals surface area contributed by atoms with Crippen LogP contribution < -0.4 is 0 Å². The number of hydrogen-bond acceptors (Lipinski definition) is 3. The Hall–Kier alpha value is -3.51. The molecule has 0 saturated carbocycles. The van der Waals surface area contributed by atoms with Gasteiger partial charge in [0.05, 0.1) is 11.3 Å². The molecule has 3 aromatic rings. The number of thioether (sulfide) groups is 1. The van der Waals surface area contributed by atoms with Crippen molar-refractivity contribution in [3.8, 4) is 33.9 Å². The summed E-state index contributed by atoms with van der Waals surface area (Å²) in [6.07, 6.45) is 5.88. The van der Waals surface area contributed by atoms with E-state index in [-0.39, 0.29) is 11.4 Å². The Morgan fingerprint density at radius 1 is 0.812 bits per heavy atom. The minimum absolute atomic E-state index is 0.0638. The highest BCUT2D eigenvalue weighted by Gasteiger charge is 2.17. The Balaban J connectivity index is 1.40. The first-order valence-corrected chi connectivity index (χ1v) is 11.3. The summed E-state index contributed by atoms with van der Waals surface area (Å²) in [6.45, 7) is 0.664. The van der Waals surface area contributed by atoms with Gasteiger partial charge in [0.2, 0.25) is 0 Å². The molecule has 0 spiro atoms. The number of fused-ring (bicyclic) bond motifs is 1. The van der Waals surface area contributed by atoms with Gasteiger partial charge >= 0.3 is 0 Å². The summed E-state index contributed by atoms with van der Waals surface area (Å²) < 4.78 is 29.7. The van der Waals surface area contributed by atoms with Crippen molar-refractivity contribution in [2.24, 2.45) is 0 Å². The first kappa shape index (κ1) is 20.4. The largest absolute Gasteiger partial charge is 0.348 e. The molecule has 0 fully saturated rings. The van der Waals surface area contributed by atoms with E-state index < -0.39 is 11.6 Å². The Bertz CT molecular complexity index is 1360. The molecular formula is C26H19F2N3S. The predicted octanol–water partition coefficient (Wildman–Crippen LogP) is 6.77. The summed E-state index contributed by atoms with van der Waals surface area (Å²) in [6, 6.07) is 22.7. The van der Waals surface area contributed by atoms with Crippen LogP contribution >= 0.6 is 11.8 Å². The van der Waals surface area contributed by atoms with E-state index in [2.05, 4.69) is 64.8 Å². The lowest BCUT2D eigenvalue weighted by molar-refractivity contribution is 0.510. The summed E-state index contributed by atoms with van der Waals surface area (Å²) in [4.78, 5) is 10.0. The van der Waals surface area contributed by atoms with Crippen LogP contribution in [0.15, 0.2) is 90.1 Å². The molecule has 2 heterocycles. The fraction of sp³-hybridized carbons (Fsp3) is 0.0769. The first-order valence-electron chi connectivity index (χ1n) is 10.1. The fourth-order valence-electron chi connectivity index (χ4n) is 3.73. The average molecular weight is 444 g/mol.